The van der Waals surface area contributed by atoms with Crippen LogP contribution in [0.4, 0.5) is 22.0 Å². The van der Waals surface area contributed by atoms with Gasteiger partial charge in [-0.1, -0.05) is 19.9 Å². The molecule has 5 rings (SSSR count). The summed E-state index contributed by atoms with van der Waals surface area (Å²) in [5.74, 6) is 0.761. The summed E-state index contributed by atoms with van der Waals surface area (Å²) in [4.78, 5) is 36.4. The van der Waals surface area contributed by atoms with Crippen LogP contribution in [0.3, 0.4) is 0 Å². The van der Waals surface area contributed by atoms with Gasteiger partial charge in [0, 0.05) is 44.6 Å². The molecule has 3 saturated heterocycles. The SMILES string of the molecule is CCc1cnc(N2CCN(C(=O)c3ccc(N4C(=O)OC[C@H]4CC)cc3N3CCCS3(=O)=O)CC2)c(C)c1. The second-order valence-electron chi connectivity index (χ2n) is 10.1. The Bertz CT molecular complexity index is 1340. The Morgan fingerprint density at radius 3 is 2.50 bits per heavy atom. The van der Waals surface area contributed by atoms with Crippen LogP contribution in [-0.2, 0) is 21.2 Å². The topological polar surface area (TPSA) is 103 Å². The lowest BCUT2D eigenvalue weighted by atomic mass is 10.1. The Hall–Kier alpha value is -3.34. The van der Waals surface area contributed by atoms with E-state index in [4.69, 9.17) is 4.74 Å². The molecule has 1 aromatic heterocycles. The Kier molecular flexibility index (Phi) is 7.21. The normalized spacial score (nSPS) is 21.2. The predicted molar refractivity (Wildman–Crippen MR) is 147 cm³/mol. The van der Waals surface area contributed by atoms with Gasteiger partial charge >= 0.3 is 6.09 Å². The van der Waals surface area contributed by atoms with Gasteiger partial charge in [0.1, 0.15) is 12.4 Å². The second kappa shape index (κ2) is 10.4. The molecule has 2 amide bonds. The third-order valence-electron chi connectivity index (χ3n) is 7.67. The van der Waals surface area contributed by atoms with Gasteiger partial charge in [-0.3, -0.25) is 14.0 Å². The molecule has 3 aliphatic rings. The monoisotopic (exact) mass is 541 g/mol. The minimum Gasteiger partial charge on any atom is -0.447 e. The maximum absolute atomic E-state index is 13.8. The van der Waals surface area contributed by atoms with E-state index in [0.29, 0.717) is 62.5 Å². The maximum Gasteiger partial charge on any atom is 0.414 e. The average Bonchev–Trinajstić information content (AvgIpc) is 3.48. The summed E-state index contributed by atoms with van der Waals surface area (Å²) in [5.41, 5.74) is 3.51. The molecule has 38 heavy (non-hydrogen) atoms. The van der Waals surface area contributed by atoms with Crippen molar-refractivity contribution in [3.8, 4) is 0 Å². The van der Waals surface area contributed by atoms with E-state index in [9.17, 15) is 18.0 Å². The van der Waals surface area contributed by atoms with Gasteiger partial charge in [0.15, 0.2) is 0 Å². The van der Waals surface area contributed by atoms with Gasteiger partial charge in [-0.05, 0) is 55.5 Å². The summed E-state index contributed by atoms with van der Waals surface area (Å²) < 4.78 is 32.3. The lowest BCUT2D eigenvalue weighted by Gasteiger charge is -2.36. The van der Waals surface area contributed by atoms with Crippen LogP contribution in [0.2, 0.25) is 0 Å². The van der Waals surface area contributed by atoms with Crippen LogP contribution < -0.4 is 14.1 Å². The molecule has 11 heteroatoms. The van der Waals surface area contributed by atoms with Crippen LogP contribution in [0.1, 0.15) is 48.2 Å². The van der Waals surface area contributed by atoms with Crippen molar-refractivity contribution in [2.75, 3.05) is 59.2 Å². The summed E-state index contributed by atoms with van der Waals surface area (Å²) >= 11 is 0. The molecule has 0 aliphatic carbocycles. The number of amides is 2. The van der Waals surface area contributed by atoms with Crippen LogP contribution in [0.15, 0.2) is 30.5 Å². The van der Waals surface area contributed by atoms with Crippen molar-refractivity contribution < 1.29 is 22.7 Å². The molecule has 4 heterocycles. The zero-order valence-electron chi connectivity index (χ0n) is 22.2. The number of piperazine rings is 1. The number of hydrogen-bond donors (Lipinski definition) is 0. The molecule has 204 valence electrons. The van der Waals surface area contributed by atoms with Crippen molar-refractivity contribution in [3.63, 3.8) is 0 Å². The molecular formula is C27H35N5O5S. The number of ether oxygens (including phenoxy) is 1. The molecule has 2 aromatic rings. The molecule has 1 atom stereocenters. The van der Waals surface area contributed by atoms with E-state index in [1.54, 1.807) is 28.0 Å². The van der Waals surface area contributed by atoms with Gasteiger partial charge in [0.25, 0.3) is 5.91 Å². The summed E-state index contributed by atoms with van der Waals surface area (Å²) in [6.45, 7) is 9.00. The molecule has 0 unspecified atom stereocenters. The van der Waals surface area contributed by atoms with Crippen LogP contribution in [0.25, 0.3) is 0 Å². The van der Waals surface area contributed by atoms with E-state index in [2.05, 4.69) is 29.8 Å². The Labute approximate surface area is 224 Å². The highest BCUT2D eigenvalue weighted by molar-refractivity contribution is 7.93. The first-order valence-electron chi connectivity index (χ1n) is 13.3. The number of benzene rings is 1. The summed E-state index contributed by atoms with van der Waals surface area (Å²) in [5, 5.41) is 0. The van der Waals surface area contributed by atoms with Crippen LogP contribution in [-0.4, -0.2) is 81.4 Å². The highest BCUT2D eigenvalue weighted by Gasteiger charge is 2.37. The third kappa shape index (κ3) is 4.79. The number of aryl methyl sites for hydroxylation is 2. The number of aromatic nitrogens is 1. The second-order valence-corrected chi connectivity index (χ2v) is 12.1. The van der Waals surface area contributed by atoms with Gasteiger partial charge in [0.05, 0.1) is 23.0 Å². The standard InChI is InChI=1S/C27H35N5O5S/c1-4-20-15-19(3)25(28-17-20)29-10-12-30(13-11-29)26(33)23-8-7-22(32-21(5-2)18-37-27(32)34)16-24(23)31-9-6-14-38(31,35)36/h7-8,15-17,21H,4-6,9-14,18H2,1-3H3/t21-/m1/s1. The fraction of sp³-hybridized carbons (Fsp3) is 0.519. The average molecular weight is 542 g/mol. The summed E-state index contributed by atoms with van der Waals surface area (Å²) in [6.07, 6.45) is 3.57. The minimum atomic E-state index is -3.54. The van der Waals surface area contributed by atoms with Crippen LogP contribution in [0.5, 0.6) is 0 Å². The summed E-state index contributed by atoms with van der Waals surface area (Å²) in [7, 11) is -3.54. The number of carbonyl (C=O) groups is 2. The molecule has 0 radical (unpaired) electrons. The van der Waals surface area contributed by atoms with E-state index in [1.807, 2.05) is 13.1 Å². The van der Waals surface area contributed by atoms with Crippen molar-refractivity contribution in [2.45, 2.75) is 46.1 Å². The number of cyclic esters (lactones) is 1. The smallest absolute Gasteiger partial charge is 0.414 e. The van der Waals surface area contributed by atoms with Crippen LogP contribution >= 0.6 is 0 Å². The van der Waals surface area contributed by atoms with E-state index < -0.39 is 16.1 Å². The number of rotatable bonds is 6. The number of sulfonamides is 1. The molecule has 3 aliphatic heterocycles. The predicted octanol–water partition coefficient (Wildman–Crippen LogP) is 3.19. The summed E-state index contributed by atoms with van der Waals surface area (Å²) in [6, 6.07) is 7.05. The zero-order valence-corrected chi connectivity index (χ0v) is 23.0. The number of pyridine rings is 1. The fourth-order valence-corrected chi connectivity index (χ4v) is 7.06. The van der Waals surface area contributed by atoms with Crippen molar-refractivity contribution in [1.82, 2.24) is 9.88 Å². The molecule has 1 aromatic carbocycles. The van der Waals surface area contributed by atoms with Crippen molar-refractivity contribution >= 4 is 39.2 Å². The van der Waals surface area contributed by atoms with Gasteiger partial charge in [-0.15, -0.1) is 0 Å². The van der Waals surface area contributed by atoms with E-state index in [0.717, 1.165) is 17.8 Å². The molecule has 0 N–H and O–H groups in total. The van der Waals surface area contributed by atoms with Gasteiger partial charge in [0.2, 0.25) is 10.0 Å². The number of nitrogens with zero attached hydrogens (tertiary/aromatic N) is 5. The van der Waals surface area contributed by atoms with Gasteiger partial charge in [-0.25, -0.2) is 18.2 Å². The molecule has 3 fully saturated rings. The molecule has 0 spiro atoms. The quantitative estimate of drug-likeness (QED) is 0.553. The Morgan fingerprint density at radius 2 is 1.87 bits per heavy atom. The van der Waals surface area contributed by atoms with E-state index in [1.165, 1.54) is 9.87 Å². The highest BCUT2D eigenvalue weighted by atomic mass is 32.2. The third-order valence-corrected chi connectivity index (χ3v) is 9.53. The highest BCUT2D eigenvalue weighted by Crippen LogP contribution is 2.35. The molecule has 10 nitrogen and oxygen atoms in total. The molecule has 0 saturated carbocycles. The number of carbonyl (C=O) groups excluding carboxylic acids is 2. The first kappa shape index (κ1) is 26.3. The van der Waals surface area contributed by atoms with E-state index in [-0.39, 0.29) is 24.3 Å². The number of hydrogen-bond acceptors (Lipinski definition) is 7. The minimum absolute atomic E-state index is 0.0377. The molecular weight excluding hydrogens is 506 g/mol. The first-order valence-corrected chi connectivity index (χ1v) is 14.9. The van der Waals surface area contributed by atoms with Crippen molar-refractivity contribution in [1.29, 1.82) is 0 Å². The maximum atomic E-state index is 13.8. The number of anilines is 3. The lowest BCUT2D eigenvalue weighted by Crippen LogP contribution is -2.49. The van der Waals surface area contributed by atoms with Crippen molar-refractivity contribution in [2.24, 2.45) is 0 Å². The first-order chi connectivity index (χ1) is 18.2. The Balaban J connectivity index is 1.41. The Morgan fingerprint density at radius 1 is 1.11 bits per heavy atom. The zero-order chi connectivity index (χ0) is 27.0. The molecule has 0 bridgehead atoms. The van der Waals surface area contributed by atoms with Crippen molar-refractivity contribution in [3.05, 3.63) is 47.2 Å². The fourth-order valence-electron chi connectivity index (χ4n) is 5.49. The largest absolute Gasteiger partial charge is 0.447 e. The van der Waals surface area contributed by atoms with E-state index >= 15 is 0 Å². The van der Waals surface area contributed by atoms with Gasteiger partial charge in [-0.2, -0.15) is 0 Å². The van der Waals surface area contributed by atoms with Gasteiger partial charge < -0.3 is 14.5 Å². The van der Waals surface area contributed by atoms with Crippen LogP contribution in [0, 0.1) is 6.92 Å². The lowest BCUT2D eigenvalue weighted by molar-refractivity contribution is 0.0747.